The Labute approximate surface area is 172 Å². The zero-order chi connectivity index (χ0) is 22.7. The smallest absolute Gasteiger partial charge is 0.416 e. The van der Waals surface area contributed by atoms with Crippen molar-refractivity contribution in [3.63, 3.8) is 0 Å². The van der Waals surface area contributed by atoms with E-state index in [-0.39, 0.29) is 9.33 Å². The lowest BCUT2D eigenvalue weighted by Crippen LogP contribution is -2.38. The molecule has 0 fully saturated rings. The third-order valence-electron chi connectivity index (χ3n) is 3.64. The van der Waals surface area contributed by atoms with Gasteiger partial charge >= 0.3 is 12.1 Å². The number of rotatable bonds is 7. The first kappa shape index (κ1) is 23.7. The van der Waals surface area contributed by atoms with Crippen molar-refractivity contribution in [2.24, 2.45) is 0 Å². The van der Waals surface area contributed by atoms with Crippen LogP contribution >= 0.6 is 11.6 Å². The van der Waals surface area contributed by atoms with Gasteiger partial charge in [0.15, 0.2) is 11.5 Å². The van der Waals surface area contributed by atoms with Gasteiger partial charge in [-0.15, -0.1) is 0 Å². The lowest BCUT2D eigenvalue weighted by molar-refractivity contribution is -0.138. The van der Waals surface area contributed by atoms with Crippen molar-refractivity contribution in [3.8, 4) is 0 Å². The molecule has 1 heterocycles. The van der Waals surface area contributed by atoms with Gasteiger partial charge in [0.25, 0.3) is 6.43 Å². The van der Waals surface area contributed by atoms with Crippen molar-refractivity contribution in [1.82, 2.24) is 9.97 Å². The maximum atomic E-state index is 13.3. The molecule has 0 bridgehead atoms. The van der Waals surface area contributed by atoms with Gasteiger partial charge < -0.3 is 4.74 Å². The van der Waals surface area contributed by atoms with Crippen molar-refractivity contribution in [2.75, 3.05) is 18.0 Å². The van der Waals surface area contributed by atoms with E-state index < -0.39 is 63.5 Å². The van der Waals surface area contributed by atoms with E-state index >= 15 is 0 Å². The van der Waals surface area contributed by atoms with Crippen LogP contribution in [-0.4, -0.2) is 44.4 Å². The maximum Gasteiger partial charge on any atom is 0.416 e. The first-order valence-electron chi connectivity index (χ1n) is 7.90. The highest BCUT2D eigenvalue weighted by atomic mass is 35.5. The van der Waals surface area contributed by atoms with Crippen LogP contribution in [0.1, 0.15) is 21.6 Å². The number of benzene rings is 1. The fourth-order valence-corrected chi connectivity index (χ4v) is 4.16. The van der Waals surface area contributed by atoms with Gasteiger partial charge in [-0.2, -0.15) is 13.2 Å². The van der Waals surface area contributed by atoms with Crippen LogP contribution in [0.4, 0.5) is 27.8 Å². The van der Waals surface area contributed by atoms with Gasteiger partial charge in [-0.25, -0.2) is 36.3 Å². The second-order valence-corrected chi connectivity index (χ2v) is 8.03. The fourth-order valence-electron chi connectivity index (χ4n) is 2.44. The van der Waals surface area contributed by atoms with E-state index in [9.17, 15) is 35.2 Å². The summed E-state index contributed by atoms with van der Waals surface area (Å²) in [6.45, 7) is -1.48. The van der Waals surface area contributed by atoms with Gasteiger partial charge in [-0.05, 0) is 23.8 Å². The summed E-state index contributed by atoms with van der Waals surface area (Å²) in [6, 6.07) is 2.25. The molecule has 2 rings (SSSR count). The molecule has 0 atom stereocenters. The van der Waals surface area contributed by atoms with Crippen LogP contribution in [0, 0.1) is 0 Å². The lowest BCUT2D eigenvalue weighted by atomic mass is 10.1. The molecule has 1 aromatic heterocycles. The molecule has 1 aromatic carbocycles. The highest BCUT2D eigenvalue weighted by Crippen LogP contribution is 2.35. The van der Waals surface area contributed by atoms with E-state index in [1.54, 1.807) is 0 Å². The van der Waals surface area contributed by atoms with Crippen LogP contribution in [0.25, 0.3) is 0 Å². The summed E-state index contributed by atoms with van der Waals surface area (Å²) in [4.78, 5) is 19.0. The number of ether oxygens (including phenoxy) is 1. The summed E-state index contributed by atoms with van der Waals surface area (Å²) < 4.78 is 96.1. The standard InChI is InChI=1S/C16H13ClF5N3O4S/c1-29-15(26)13-14(24-5-4-23-13)25(7-12(18)19)30(27,28)8-9-6-10(17)2-3-11(9)16(20,21)22/h2-6,12H,7-8H2,1H3. The number of hydrogen-bond acceptors (Lipinski definition) is 6. The van der Waals surface area contributed by atoms with Crippen molar-refractivity contribution < 1.29 is 39.9 Å². The molecule has 0 aliphatic heterocycles. The molecular formula is C16H13ClF5N3O4S. The number of carbonyl (C=O) groups excluding carboxylic acids is 1. The Morgan fingerprint density at radius 1 is 1.23 bits per heavy atom. The van der Waals surface area contributed by atoms with E-state index in [0.717, 1.165) is 31.6 Å². The zero-order valence-electron chi connectivity index (χ0n) is 15.0. The number of esters is 1. The Morgan fingerprint density at radius 3 is 2.43 bits per heavy atom. The summed E-state index contributed by atoms with van der Waals surface area (Å²) in [5.41, 5.74) is -2.77. The SMILES string of the molecule is COC(=O)c1nccnc1N(CC(F)F)S(=O)(=O)Cc1cc(Cl)ccc1C(F)(F)F. The number of carbonyl (C=O) groups is 1. The Hall–Kier alpha value is -2.54. The first-order chi connectivity index (χ1) is 13.9. The van der Waals surface area contributed by atoms with Gasteiger partial charge in [0.05, 0.1) is 25.0 Å². The van der Waals surface area contributed by atoms with Crippen molar-refractivity contribution in [1.29, 1.82) is 0 Å². The van der Waals surface area contributed by atoms with Crippen LogP contribution in [0.15, 0.2) is 30.6 Å². The summed E-state index contributed by atoms with van der Waals surface area (Å²) in [5.74, 6) is -3.32. The van der Waals surface area contributed by atoms with E-state index in [4.69, 9.17) is 11.6 Å². The Balaban J connectivity index is 2.60. The van der Waals surface area contributed by atoms with E-state index in [2.05, 4.69) is 14.7 Å². The molecule has 0 saturated heterocycles. The Morgan fingerprint density at radius 2 is 1.87 bits per heavy atom. The van der Waals surface area contributed by atoms with Crippen LogP contribution in [0.3, 0.4) is 0 Å². The van der Waals surface area contributed by atoms with Crippen LogP contribution in [0.5, 0.6) is 0 Å². The third-order valence-corrected chi connectivity index (χ3v) is 5.55. The largest absolute Gasteiger partial charge is 0.464 e. The highest BCUT2D eigenvalue weighted by molar-refractivity contribution is 7.92. The molecule has 0 amide bonds. The van der Waals surface area contributed by atoms with Gasteiger partial charge in [-0.1, -0.05) is 11.6 Å². The average Bonchev–Trinajstić information content (AvgIpc) is 2.64. The number of alkyl halides is 5. The number of methoxy groups -OCH3 is 1. The summed E-state index contributed by atoms with van der Waals surface area (Å²) in [7, 11) is -3.96. The monoisotopic (exact) mass is 473 g/mol. The number of aromatic nitrogens is 2. The minimum Gasteiger partial charge on any atom is -0.464 e. The first-order valence-corrected chi connectivity index (χ1v) is 9.89. The molecule has 0 radical (unpaired) electrons. The predicted octanol–water partition coefficient (Wildman–Crippen LogP) is 3.54. The molecule has 2 aromatic rings. The van der Waals surface area contributed by atoms with E-state index in [1.165, 1.54) is 0 Å². The number of anilines is 1. The van der Waals surface area contributed by atoms with Crippen molar-refractivity contribution >= 4 is 33.4 Å². The van der Waals surface area contributed by atoms with Crippen molar-refractivity contribution in [3.05, 3.63) is 52.4 Å². The lowest BCUT2D eigenvalue weighted by Gasteiger charge is -2.24. The molecular weight excluding hydrogens is 461 g/mol. The molecule has 164 valence electrons. The number of hydrogen-bond donors (Lipinski definition) is 0. The summed E-state index contributed by atoms with van der Waals surface area (Å²) in [6.07, 6.45) is -6.25. The Kier molecular flexibility index (Phi) is 7.18. The number of sulfonamides is 1. The molecule has 0 N–H and O–H groups in total. The van der Waals surface area contributed by atoms with Gasteiger partial charge in [0.1, 0.15) is 0 Å². The third kappa shape index (κ3) is 5.53. The topological polar surface area (TPSA) is 89.5 Å². The van der Waals surface area contributed by atoms with Gasteiger partial charge in [0, 0.05) is 17.4 Å². The normalized spacial score (nSPS) is 12.1. The molecule has 0 unspecified atom stereocenters. The molecule has 7 nitrogen and oxygen atoms in total. The molecule has 14 heteroatoms. The van der Waals surface area contributed by atoms with Crippen LogP contribution < -0.4 is 4.31 Å². The Bertz CT molecular complexity index is 1030. The van der Waals surface area contributed by atoms with Gasteiger partial charge in [-0.3, -0.25) is 0 Å². The molecule has 0 spiro atoms. The molecule has 30 heavy (non-hydrogen) atoms. The second-order valence-electron chi connectivity index (χ2n) is 5.70. The number of halogens is 6. The molecule has 0 aliphatic rings. The van der Waals surface area contributed by atoms with E-state index in [1.807, 2.05) is 0 Å². The number of nitrogens with zero attached hydrogens (tertiary/aromatic N) is 3. The zero-order valence-corrected chi connectivity index (χ0v) is 16.6. The van der Waals surface area contributed by atoms with Crippen LogP contribution in [-0.2, 0) is 26.7 Å². The minimum absolute atomic E-state index is 0.0258. The predicted molar refractivity (Wildman–Crippen MR) is 95.8 cm³/mol. The molecule has 0 saturated carbocycles. The van der Waals surface area contributed by atoms with Crippen LogP contribution in [0.2, 0.25) is 5.02 Å². The fraction of sp³-hybridized carbons (Fsp3) is 0.312. The van der Waals surface area contributed by atoms with Gasteiger partial charge in [0.2, 0.25) is 10.0 Å². The highest BCUT2D eigenvalue weighted by Gasteiger charge is 2.37. The van der Waals surface area contributed by atoms with Crippen molar-refractivity contribution in [2.45, 2.75) is 18.4 Å². The summed E-state index contributed by atoms with van der Waals surface area (Å²) >= 11 is 5.68. The minimum atomic E-state index is -4.92. The maximum absolute atomic E-state index is 13.3. The van der Waals surface area contributed by atoms with E-state index in [0.29, 0.717) is 6.07 Å². The summed E-state index contributed by atoms with van der Waals surface area (Å²) in [5, 5.41) is -0.191. The average molecular weight is 474 g/mol. The quantitative estimate of drug-likeness (QED) is 0.451. The molecule has 0 aliphatic carbocycles. The second kappa shape index (κ2) is 9.08.